The van der Waals surface area contributed by atoms with Crippen molar-refractivity contribution in [3.05, 3.63) is 53.7 Å². The Hall–Kier alpha value is -4.05. The van der Waals surface area contributed by atoms with Crippen molar-refractivity contribution >= 4 is 34.1 Å². The van der Waals surface area contributed by atoms with Crippen molar-refractivity contribution in [1.29, 1.82) is 0 Å². The maximum Gasteiger partial charge on any atom is 0.237 e. The Bertz CT molecular complexity index is 1260. The Morgan fingerprint density at radius 3 is 2.47 bits per heavy atom. The van der Waals surface area contributed by atoms with E-state index in [-0.39, 0.29) is 11.9 Å². The van der Waals surface area contributed by atoms with Crippen molar-refractivity contribution in [2.24, 2.45) is 22.2 Å². The van der Waals surface area contributed by atoms with Gasteiger partial charge in [-0.2, -0.15) is 0 Å². The van der Waals surface area contributed by atoms with Gasteiger partial charge >= 0.3 is 0 Å². The lowest BCUT2D eigenvalue weighted by Crippen LogP contribution is -2.40. The number of rotatable bonds is 14. The maximum atomic E-state index is 12.6. The zero-order chi connectivity index (χ0) is 27.5. The predicted molar refractivity (Wildman–Crippen MR) is 153 cm³/mol. The molecule has 1 aromatic heterocycles. The van der Waals surface area contributed by atoms with E-state index in [1.807, 2.05) is 50.2 Å². The summed E-state index contributed by atoms with van der Waals surface area (Å²) in [5.41, 5.74) is 21.5. The number of carbonyl (C=O) groups is 1. The number of ether oxygens (including phenoxy) is 2. The van der Waals surface area contributed by atoms with Crippen LogP contribution in [0, 0.1) is 0 Å². The standard InChI is InChI=1S/C28H39N7O3/c1-4-19-18(17-34-27(36)21(29)10-8-13-33-28(30)31)9-7-11-22(19)35-23-12-14-32-24-16-26(38-6-3)25(37-5-2)15-20(23)24/h7,9,11-12,14-16,21H,4-6,8,10,13,17,29H2,1-3H3,(H,32,35)(H,34,36)(H4,30,31,33)/t21-/m0/s1. The summed E-state index contributed by atoms with van der Waals surface area (Å²) in [5, 5.41) is 7.46. The molecule has 1 atom stereocenters. The zero-order valence-electron chi connectivity index (χ0n) is 22.4. The van der Waals surface area contributed by atoms with Gasteiger partial charge in [0, 0.05) is 42.1 Å². The van der Waals surface area contributed by atoms with Crippen molar-refractivity contribution in [2.75, 3.05) is 25.1 Å². The number of benzene rings is 2. The van der Waals surface area contributed by atoms with Crippen LogP contribution >= 0.6 is 0 Å². The number of amides is 1. The monoisotopic (exact) mass is 521 g/mol. The summed E-state index contributed by atoms with van der Waals surface area (Å²) >= 11 is 0. The van der Waals surface area contributed by atoms with Gasteiger partial charge in [-0.25, -0.2) is 0 Å². The van der Waals surface area contributed by atoms with Gasteiger partial charge in [-0.3, -0.25) is 14.8 Å². The summed E-state index contributed by atoms with van der Waals surface area (Å²) in [6.45, 7) is 7.86. The van der Waals surface area contributed by atoms with Gasteiger partial charge in [0.15, 0.2) is 17.5 Å². The number of carbonyl (C=O) groups excluding carboxylic acids is 1. The second-order valence-corrected chi connectivity index (χ2v) is 8.74. The number of anilines is 2. The van der Waals surface area contributed by atoms with Crippen molar-refractivity contribution in [1.82, 2.24) is 10.3 Å². The number of nitrogens with zero attached hydrogens (tertiary/aromatic N) is 2. The summed E-state index contributed by atoms with van der Waals surface area (Å²) in [6.07, 6.45) is 3.67. The van der Waals surface area contributed by atoms with Crippen LogP contribution in [0.5, 0.6) is 11.5 Å². The van der Waals surface area contributed by atoms with E-state index in [9.17, 15) is 4.79 Å². The minimum Gasteiger partial charge on any atom is -0.490 e. The fourth-order valence-corrected chi connectivity index (χ4v) is 4.24. The van der Waals surface area contributed by atoms with E-state index in [0.717, 1.165) is 39.8 Å². The molecule has 2 aromatic carbocycles. The molecule has 0 spiro atoms. The molecule has 0 radical (unpaired) electrons. The van der Waals surface area contributed by atoms with E-state index in [2.05, 4.69) is 27.5 Å². The summed E-state index contributed by atoms with van der Waals surface area (Å²) in [5.74, 6) is 1.19. The summed E-state index contributed by atoms with van der Waals surface area (Å²) in [6, 6.07) is 11.2. The Kier molecular flexibility index (Phi) is 10.5. The molecule has 1 heterocycles. The van der Waals surface area contributed by atoms with E-state index in [0.29, 0.717) is 50.6 Å². The molecule has 0 aliphatic rings. The van der Waals surface area contributed by atoms with Crippen LogP contribution in [0.2, 0.25) is 0 Å². The topological polar surface area (TPSA) is 163 Å². The average molecular weight is 522 g/mol. The zero-order valence-corrected chi connectivity index (χ0v) is 22.4. The van der Waals surface area contributed by atoms with E-state index in [1.54, 1.807) is 6.20 Å². The second-order valence-electron chi connectivity index (χ2n) is 8.74. The van der Waals surface area contributed by atoms with Crippen LogP contribution in [0.1, 0.15) is 44.7 Å². The van der Waals surface area contributed by atoms with Gasteiger partial charge in [-0.05, 0) is 62.4 Å². The lowest BCUT2D eigenvalue weighted by molar-refractivity contribution is -0.122. The molecule has 3 aromatic rings. The first-order valence-corrected chi connectivity index (χ1v) is 13.0. The fraction of sp³-hybridized carbons (Fsp3) is 0.393. The third-order valence-electron chi connectivity index (χ3n) is 6.06. The predicted octanol–water partition coefficient (Wildman–Crippen LogP) is 3.34. The lowest BCUT2D eigenvalue weighted by Gasteiger charge is -2.18. The number of aliphatic imine (C=N–C) groups is 1. The normalized spacial score (nSPS) is 11.6. The van der Waals surface area contributed by atoms with Gasteiger partial charge in [0.05, 0.1) is 24.8 Å². The quantitative estimate of drug-likeness (QED) is 0.122. The molecule has 0 saturated heterocycles. The number of hydrogen-bond donors (Lipinski definition) is 5. The van der Waals surface area contributed by atoms with Crippen LogP contribution in [0.3, 0.4) is 0 Å². The van der Waals surface area contributed by atoms with Gasteiger partial charge in [-0.15, -0.1) is 0 Å². The first-order valence-electron chi connectivity index (χ1n) is 13.0. The number of pyridine rings is 1. The minimum absolute atomic E-state index is 0.0355. The molecular weight excluding hydrogens is 482 g/mol. The first kappa shape index (κ1) is 28.5. The Morgan fingerprint density at radius 2 is 1.79 bits per heavy atom. The van der Waals surface area contributed by atoms with Crippen LogP contribution in [0.4, 0.5) is 11.4 Å². The fourth-order valence-electron chi connectivity index (χ4n) is 4.24. The number of guanidine groups is 1. The molecular formula is C28H39N7O3. The Labute approximate surface area is 224 Å². The molecule has 204 valence electrons. The largest absolute Gasteiger partial charge is 0.490 e. The van der Waals surface area contributed by atoms with Gasteiger partial charge in [0.1, 0.15) is 0 Å². The number of aromatic nitrogens is 1. The molecule has 0 unspecified atom stereocenters. The van der Waals surface area contributed by atoms with Gasteiger partial charge in [0.2, 0.25) is 5.91 Å². The van der Waals surface area contributed by atoms with Crippen LogP contribution in [-0.4, -0.2) is 42.7 Å². The molecule has 1 amide bonds. The van der Waals surface area contributed by atoms with E-state index in [4.69, 9.17) is 26.7 Å². The first-order chi connectivity index (χ1) is 18.4. The molecule has 0 aliphatic carbocycles. The molecule has 8 N–H and O–H groups in total. The maximum absolute atomic E-state index is 12.6. The van der Waals surface area contributed by atoms with Gasteiger partial charge in [0.25, 0.3) is 0 Å². The van der Waals surface area contributed by atoms with Crippen molar-refractivity contribution in [3.8, 4) is 11.5 Å². The van der Waals surface area contributed by atoms with Crippen LogP contribution in [0.15, 0.2) is 47.6 Å². The van der Waals surface area contributed by atoms with Gasteiger partial charge in [-0.1, -0.05) is 19.1 Å². The van der Waals surface area contributed by atoms with Gasteiger partial charge < -0.3 is 37.3 Å². The highest BCUT2D eigenvalue weighted by Crippen LogP contribution is 2.36. The highest BCUT2D eigenvalue weighted by molar-refractivity contribution is 5.95. The third kappa shape index (κ3) is 7.48. The lowest BCUT2D eigenvalue weighted by atomic mass is 10.0. The molecule has 0 bridgehead atoms. The van der Waals surface area contributed by atoms with E-state index < -0.39 is 6.04 Å². The summed E-state index contributed by atoms with van der Waals surface area (Å²) in [7, 11) is 0. The molecule has 0 fully saturated rings. The number of hydrogen-bond acceptors (Lipinski definition) is 7. The number of nitrogens with two attached hydrogens (primary N) is 3. The minimum atomic E-state index is -0.625. The molecule has 10 nitrogen and oxygen atoms in total. The third-order valence-corrected chi connectivity index (χ3v) is 6.06. The molecule has 0 saturated carbocycles. The molecule has 38 heavy (non-hydrogen) atoms. The summed E-state index contributed by atoms with van der Waals surface area (Å²) < 4.78 is 11.6. The second kappa shape index (κ2) is 14.0. The van der Waals surface area contributed by atoms with Crippen molar-refractivity contribution < 1.29 is 14.3 Å². The van der Waals surface area contributed by atoms with Crippen molar-refractivity contribution in [2.45, 2.75) is 52.6 Å². The highest BCUT2D eigenvalue weighted by atomic mass is 16.5. The number of fused-ring (bicyclic) bond motifs is 1. The molecule has 0 aliphatic heterocycles. The molecule has 10 heteroatoms. The summed E-state index contributed by atoms with van der Waals surface area (Å²) in [4.78, 5) is 21.0. The Morgan fingerprint density at radius 1 is 1.05 bits per heavy atom. The van der Waals surface area contributed by atoms with E-state index >= 15 is 0 Å². The van der Waals surface area contributed by atoms with Crippen molar-refractivity contribution in [3.63, 3.8) is 0 Å². The molecule has 3 rings (SSSR count). The van der Waals surface area contributed by atoms with Crippen LogP contribution in [-0.2, 0) is 17.8 Å². The van der Waals surface area contributed by atoms with Crippen LogP contribution in [0.25, 0.3) is 10.9 Å². The SMILES string of the molecule is CCOc1cc2nccc(Nc3cccc(CNC(=O)[C@@H](N)CCCN=C(N)N)c3CC)c2cc1OCC. The van der Waals surface area contributed by atoms with E-state index in [1.165, 1.54) is 0 Å². The Balaban J connectivity index is 1.78. The highest BCUT2D eigenvalue weighted by Gasteiger charge is 2.16. The average Bonchev–Trinajstić information content (AvgIpc) is 2.90. The van der Waals surface area contributed by atoms with Crippen LogP contribution < -0.4 is 37.3 Å². The smallest absolute Gasteiger partial charge is 0.237 e. The number of nitrogens with one attached hydrogen (secondary N) is 2.